The van der Waals surface area contributed by atoms with Crippen molar-refractivity contribution in [2.45, 2.75) is 20.4 Å². The maximum Gasteiger partial charge on any atom is 0.263 e. The van der Waals surface area contributed by atoms with Crippen LogP contribution in [0.25, 0.3) is 32.7 Å². The summed E-state index contributed by atoms with van der Waals surface area (Å²) in [4.78, 5) is 22.7. The van der Waals surface area contributed by atoms with Crippen molar-refractivity contribution in [2.75, 3.05) is 0 Å². The maximum absolute atomic E-state index is 13.3. The molecule has 0 N–H and O–H groups in total. The van der Waals surface area contributed by atoms with Crippen LogP contribution in [-0.4, -0.2) is 19.7 Å². The van der Waals surface area contributed by atoms with Crippen LogP contribution in [0.5, 0.6) is 0 Å². The zero-order chi connectivity index (χ0) is 21.5. The molecular weight excluding hydrogens is 415 g/mol. The van der Waals surface area contributed by atoms with Crippen LogP contribution in [-0.2, 0) is 6.54 Å². The van der Waals surface area contributed by atoms with Crippen LogP contribution in [0.4, 0.5) is 4.39 Å². The molecule has 0 fully saturated rings. The van der Waals surface area contributed by atoms with Gasteiger partial charge in [0.25, 0.3) is 5.56 Å². The van der Waals surface area contributed by atoms with Crippen molar-refractivity contribution >= 4 is 21.6 Å². The Labute approximate surface area is 180 Å². The number of aryl methyl sites for hydroxylation is 2. The Morgan fingerprint density at radius 2 is 1.84 bits per heavy atom. The molecule has 2 aromatic carbocycles. The summed E-state index contributed by atoms with van der Waals surface area (Å²) in [6, 6.07) is 12.0. The van der Waals surface area contributed by atoms with E-state index < -0.39 is 0 Å². The first-order chi connectivity index (χ1) is 15.0. The van der Waals surface area contributed by atoms with E-state index in [2.05, 4.69) is 41.1 Å². The highest BCUT2D eigenvalue weighted by molar-refractivity contribution is 7.17. The summed E-state index contributed by atoms with van der Waals surface area (Å²) in [5.74, 6) is 0.266. The summed E-state index contributed by atoms with van der Waals surface area (Å²) in [6.07, 6.45) is 1.49. The maximum atomic E-state index is 13.3. The van der Waals surface area contributed by atoms with E-state index in [1.165, 1.54) is 45.5 Å². The van der Waals surface area contributed by atoms with Gasteiger partial charge in [-0.05, 0) is 54.8 Å². The molecule has 5 aromatic rings. The molecule has 0 aliphatic rings. The molecular formula is C23H17FN4O2S. The molecule has 0 saturated carbocycles. The number of nitrogens with zero attached hydrogens (tertiary/aromatic N) is 4. The Morgan fingerprint density at radius 3 is 2.61 bits per heavy atom. The SMILES string of the molecule is Cc1ccc(-c2csc3ncn(Cc4nc(-c5ccc(F)cc5)no4)c(=O)c23)cc1C. The fraction of sp³-hybridized carbons (Fsp3) is 0.130. The van der Waals surface area contributed by atoms with Crippen molar-refractivity contribution in [3.05, 3.63) is 87.4 Å². The number of benzene rings is 2. The van der Waals surface area contributed by atoms with Gasteiger partial charge >= 0.3 is 0 Å². The third-order valence-corrected chi connectivity index (χ3v) is 6.14. The molecule has 0 radical (unpaired) electrons. The summed E-state index contributed by atoms with van der Waals surface area (Å²) in [6.45, 7) is 4.21. The lowest BCUT2D eigenvalue weighted by Gasteiger charge is -2.06. The van der Waals surface area contributed by atoms with Crippen molar-refractivity contribution in [3.63, 3.8) is 0 Å². The van der Waals surface area contributed by atoms with Crippen LogP contribution >= 0.6 is 11.3 Å². The van der Waals surface area contributed by atoms with E-state index in [1.807, 2.05) is 11.4 Å². The molecule has 154 valence electrons. The predicted octanol–water partition coefficient (Wildman–Crippen LogP) is 4.98. The molecule has 5 rings (SSSR count). The fourth-order valence-corrected chi connectivity index (χ4v) is 4.29. The summed E-state index contributed by atoms with van der Waals surface area (Å²) in [7, 11) is 0. The van der Waals surface area contributed by atoms with Gasteiger partial charge in [0.15, 0.2) is 0 Å². The van der Waals surface area contributed by atoms with Gasteiger partial charge in [0.05, 0.1) is 11.7 Å². The fourth-order valence-electron chi connectivity index (χ4n) is 3.38. The van der Waals surface area contributed by atoms with Gasteiger partial charge in [-0.1, -0.05) is 23.4 Å². The van der Waals surface area contributed by atoms with Crippen LogP contribution in [0.2, 0.25) is 0 Å². The van der Waals surface area contributed by atoms with Crippen LogP contribution < -0.4 is 5.56 Å². The standard InChI is InChI=1S/C23H17FN4O2S/c1-13-3-4-16(9-14(13)2)18-11-31-22-20(18)23(29)28(12-25-22)10-19-26-21(27-30-19)15-5-7-17(24)8-6-15/h3-9,11-12H,10H2,1-2H3. The number of aromatic nitrogens is 4. The summed E-state index contributed by atoms with van der Waals surface area (Å²) in [5.41, 5.74) is 4.69. The highest BCUT2D eigenvalue weighted by atomic mass is 32.1. The predicted molar refractivity (Wildman–Crippen MR) is 118 cm³/mol. The zero-order valence-corrected chi connectivity index (χ0v) is 17.6. The van der Waals surface area contributed by atoms with Crippen molar-refractivity contribution in [1.82, 2.24) is 19.7 Å². The van der Waals surface area contributed by atoms with E-state index in [4.69, 9.17) is 4.52 Å². The molecule has 3 aromatic heterocycles. The van der Waals surface area contributed by atoms with Crippen LogP contribution in [0, 0.1) is 19.7 Å². The summed E-state index contributed by atoms with van der Waals surface area (Å²) in [5, 5.41) is 6.48. The first-order valence-electron chi connectivity index (χ1n) is 9.62. The minimum absolute atomic E-state index is 0.0954. The monoisotopic (exact) mass is 432 g/mol. The highest BCUT2D eigenvalue weighted by Gasteiger charge is 2.16. The summed E-state index contributed by atoms with van der Waals surface area (Å²) >= 11 is 1.44. The van der Waals surface area contributed by atoms with Gasteiger partial charge in [-0.2, -0.15) is 4.98 Å². The van der Waals surface area contributed by atoms with Crippen LogP contribution in [0.1, 0.15) is 17.0 Å². The molecule has 6 nitrogen and oxygen atoms in total. The van der Waals surface area contributed by atoms with Gasteiger partial charge in [0, 0.05) is 16.5 Å². The molecule has 0 atom stereocenters. The average Bonchev–Trinajstić information content (AvgIpc) is 3.40. The molecule has 0 aliphatic carbocycles. The summed E-state index contributed by atoms with van der Waals surface area (Å²) < 4.78 is 19.9. The topological polar surface area (TPSA) is 73.8 Å². The van der Waals surface area contributed by atoms with E-state index in [0.717, 1.165) is 11.1 Å². The molecule has 0 bridgehead atoms. The molecule has 0 saturated heterocycles. The molecule has 0 unspecified atom stereocenters. The van der Waals surface area contributed by atoms with E-state index in [0.29, 0.717) is 21.6 Å². The van der Waals surface area contributed by atoms with Gasteiger partial charge in [-0.15, -0.1) is 11.3 Å². The van der Waals surface area contributed by atoms with Crippen molar-refractivity contribution in [2.24, 2.45) is 0 Å². The Kier molecular flexibility index (Phi) is 4.71. The normalized spacial score (nSPS) is 11.3. The average molecular weight is 432 g/mol. The van der Waals surface area contributed by atoms with Crippen LogP contribution in [0.3, 0.4) is 0 Å². The number of fused-ring (bicyclic) bond motifs is 1. The Morgan fingerprint density at radius 1 is 1.06 bits per heavy atom. The number of hydrogen-bond acceptors (Lipinski definition) is 6. The van der Waals surface area contributed by atoms with Crippen molar-refractivity contribution in [3.8, 4) is 22.5 Å². The number of halogens is 1. The Hall–Kier alpha value is -3.65. The Bertz CT molecular complexity index is 1470. The molecule has 31 heavy (non-hydrogen) atoms. The third kappa shape index (κ3) is 3.55. The molecule has 0 aliphatic heterocycles. The minimum atomic E-state index is -0.339. The Balaban J connectivity index is 1.51. The van der Waals surface area contributed by atoms with Crippen molar-refractivity contribution in [1.29, 1.82) is 0 Å². The van der Waals surface area contributed by atoms with E-state index in [-0.39, 0.29) is 23.8 Å². The lowest BCUT2D eigenvalue weighted by molar-refractivity contribution is 0.369. The third-order valence-electron chi connectivity index (χ3n) is 5.25. The highest BCUT2D eigenvalue weighted by Crippen LogP contribution is 2.31. The smallest absolute Gasteiger partial charge is 0.263 e. The quantitative estimate of drug-likeness (QED) is 0.400. The van der Waals surface area contributed by atoms with Crippen molar-refractivity contribution < 1.29 is 8.91 Å². The van der Waals surface area contributed by atoms with E-state index >= 15 is 0 Å². The van der Waals surface area contributed by atoms with Gasteiger partial charge < -0.3 is 4.52 Å². The second-order valence-electron chi connectivity index (χ2n) is 7.32. The minimum Gasteiger partial charge on any atom is -0.337 e. The first kappa shape index (κ1) is 19.3. The van der Waals surface area contributed by atoms with Gasteiger partial charge in [-0.3, -0.25) is 9.36 Å². The zero-order valence-electron chi connectivity index (χ0n) is 16.8. The lowest BCUT2D eigenvalue weighted by atomic mass is 10.0. The number of thiophene rings is 1. The number of rotatable bonds is 4. The van der Waals surface area contributed by atoms with Gasteiger partial charge in [0.2, 0.25) is 11.7 Å². The van der Waals surface area contributed by atoms with Crippen LogP contribution in [0.15, 0.2) is 63.5 Å². The van der Waals surface area contributed by atoms with Gasteiger partial charge in [0.1, 0.15) is 17.2 Å². The number of hydrogen-bond donors (Lipinski definition) is 0. The first-order valence-corrected chi connectivity index (χ1v) is 10.5. The van der Waals surface area contributed by atoms with Gasteiger partial charge in [-0.25, -0.2) is 9.37 Å². The molecule has 0 spiro atoms. The molecule has 3 heterocycles. The molecule has 8 heteroatoms. The largest absolute Gasteiger partial charge is 0.337 e. The lowest BCUT2D eigenvalue weighted by Crippen LogP contribution is -2.21. The van der Waals surface area contributed by atoms with E-state index in [9.17, 15) is 9.18 Å². The second-order valence-corrected chi connectivity index (χ2v) is 8.18. The molecule has 0 amide bonds. The second kappa shape index (κ2) is 7.55. The van der Waals surface area contributed by atoms with E-state index in [1.54, 1.807) is 12.1 Å².